The lowest BCUT2D eigenvalue weighted by molar-refractivity contribution is 0.103. The van der Waals surface area contributed by atoms with E-state index < -0.39 is 0 Å². The number of H-pyrrole nitrogens is 1. The Morgan fingerprint density at radius 1 is 1.40 bits per heavy atom. The number of aromatic amines is 1. The van der Waals surface area contributed by atoms with E-state index in [1.54, 1.807) is 18.3 Å². The van der Waals surface area contributed by atoms with Crippen LogP contribution in [0.1, 0.15) is 15.2 Å². The van der Waals surface area contributed by atoms with E-state index >= 15 is 0 Å². The molecule has 2 heterocycles. The summed E-state index contributed by atoms with van der Waals surface area (Å²) in [7, 11) is 0. The van der Waals surface area contributed by atoms with E-state index in [1.807, 2.05) is 13.0 Å². The Kier molecular flexibility index (Phi) is 3.41. The molecule has 3 rings (SSSR count). The molecule has 1 aromatic carbocycles. The standard InChI is InChI=1S/C13H9Cl2N3OS/c1-6-5-16-18-12(6)17-13(19)11-10(15)8-3-2-7(14)4-9(8)20-11/h2-5H,1H3,(H2,16,17,18,19). The Labute approximate surface area is 128 Å². The Morgan fingerprint density at radius 3 is 2.90 bits per heavy atom. The third-order valence-electron chi connectivity index (χ3n) is 2.87. The number of carbonyl (C=O) groups is 1. The number of halogens is 2. The smallest absolute Gasteiger partial charge is 0.268 e. The molecular formula is C13H9Cl2N3OS. The van der Waals surface area contributed by atoms with Crippen molar-refractivity contribution in [2.75, 3.05) is 5.32 Å². The van der Waals surface area contributed by atoms with E-state index in [-0.39, 0.29) is 5.91 Å². The van der Waals surface area contributed by atoms with Gasteiger partial charge >= 0.3 is 0 Å². The van der Waals surface area contributed by atoms with Gasteiger partial charge in [-0.05, 0) is 19.1 Å². The van der Waals surface area contributed by atoms with Crippen molar-refractivity contribution < 1.29 is 4.79 Å². The highest BCUT2D eigenvalue weighted by molar-refractivity contribution is 7.21. The summed E-state index contributed by atoms with van der Waals surface area (Å²) in [6.45, 7) is 1.85. The van der Waals surface area contributed by atoms with E-state index in [9.17, 15) is 4.79 Å². The number of nitrogens with one attached hydrogen (secondary N) is 2. The summed E-state index contributed by atoms with van der Waals surface area (Å²) in [5.41, 5.74) is 0.860. The second-order valence-electron chi connectivity index (χ2n) is 4.27. The topological polar surface area (TPSA) is 57.8 Å². The molecule has 0 saturated heterocycles. The van der Waals surface area contributed by atoms with Gasteiger partial charge in [-0.3, -0.25) is 9.89 Å². The molecule has 2 aromatic heterocycles. The number of benzene rings is 1. The minimum Gasteiger partial charge on any atom is -0.306 e. The van der Waals surface area contributed by atoms with Crippen LogP contribution >= 0.6 is 34.5 Å². The van der Waals surface area contributed by atoms with Crippen LogP contribution in [0.15, 0.2) is 24.4 Å². The second-order valence-corrected chi connectivity index (χ2v) is 6.13. The molecule has 0 bridgehead atoms. The molecule has 102 valence electrons. The number of anilines is 1. The lowest BCUT2D eigenvalue weighted by atomic mass is 10.2. The molecule has 0 atom stereocenters. The zero-order valence-corrected chi connectivity index (χ0v) is 12.7. The third kappa shape index (κ3) is 2.28. The van der Waals surface area contributed by atoms with Gasteiger partial charge < -0.3 is 5.32 Å². The maximum absolute atomic E-state index is 12.3. The van der Waals surface area contributed by atoms with Gasteiger partial charge in [-0.25, -0.2) is 0 Å². The maximum Gasteiger partial charge on any atom is 0.268 e. The normalized spacial score (nSPS) is 10.9. The molecule has 3 aromatic rings. The van der Waals surface area contributed by atoms with Crippen molar-refractivity contribution in [3.63, 3.8) is 0 Å². The molecule has 0 fully saturated rings. The van der Waals surface area contributed by atoms with Crippen LogP contribution in [0.25, 0.3) is 10.1 Å². The van der Waals surface area contributed by atoms with E-state index in [2.05, 4.69) is 15.5 Å². The van der Waals surface area contributed by atoms with Crippen molar-refractivity contribution in [1.82, 2.24) is 10.2 Å². The summed E-state index contributed by atoms with van der Waals surface area (Å²) >= 11 is 13.5. The van der Waals surface area contributed by atoms with E-state index in [1.165, 1.54) is 11.3 Å². The third-order valence-corrected chi connectivity index (χ3v) is 4.76. The van der Waals surface area contributed by atoms with Gasteiger partial charge in [0.05, 0.1) is 11.2 Å². The molecule has 20 heavy (non-hydrogen) atoms. The number of hydrogen-bond donors (Lipinski definition) is 2. The number of carbonyl (C=O) groups excluding carboxylic acids is 1. The lowest BCUT2D eigenvalue weighted by Crippen LogP contribution is -2.11. The van der Waals surface area contributed by atoms with Gasteiger partial charge in [0.25, 0.3) is 5.91 Å². The van der Waals surface area contributed by atoms with Crippen molar-refractivity contribution in [2.24, 2.45) is 0 Å². The zero-order valence-electron chi connectivity index (χ0n) is 10.3. The first-order chi connectivity index (χ1) is 9.56. The number of thiophene rings is 1. The van der Waals surface area contributed by atoms with Gasteiger partial charge in [-0.2, -0.15) is 5.10 Å². The first-order valence-electron chi connectivity index (χ1n) is 5.75. The number of aryl methyl sites for hydroxylation is 1. The fraction of sp³-hybridized carbons (Fsp3) is 0.0769. The van der Waals surface area contributed by atoms with Crippen molar-refractivity contribution in [3.8, 4) is 0 Å². The monoisotopic (exact) mass is 325 g/mol. The molecule has 0 radical (unpaired) electrons. The average molecular weight is 326 g/mol. The summed E-state index contributed by atoms with van der Waals surface area (Å²) in [6.07, 6.45) is 1.64. The summed E-state index contributed by atoms with van der Waals surface area (Å²) in [4.78, 5) is 12.7. The van der Waals surface area contributed by atoms with E-state index in [0.717, 1.165) is 15.6 Å². The van der Waals surface area contributed by atoms with Gasteiger partial charge in [-0.15, -0.1) is 11.3 Å². The molecule has 0 aliphatic rings. The first kappa shape index (κ1) is 13.4. The van der Waals surface area contributed by atoms with Gasteiger partial charge in [0.15, 0.2) is 0 Å². The highest BCUT2D eigenvalue weighted by Gasteiger charge is 2.18. The summed E-state index contributed by atoms with van der Waals surface area (Å²) in [5, 5.41) is 11.2. The molecule has 1 amide bonds. The Bertz CT molecular complexity index is 809. The average Bonchev–Trinajstić information content (AvgIpc) is 2.94. The number of amides is 1. The number of hydrogen-bond acceptors (Lipinski definition) is 3. The zero-order chi connectivity index (χ0) is 14.3. The van der Waals surface area contributed by atoms with Crippen LogP contribution in [0.5, 0.6) is 0 Å². The number of fused-ring (bicyclic) bond motifs is 1. The number of rotatable bonds is 2. The van der Waals surface area contributed by atoms with Gasteiger partial charge in [-0.1, -0.05) is 29.3 Å². The van der Waals surface area contributed by atoms with Crippen LogP contribution in [0, 0.1) is 6.92 Å². The quantitative estimate of drug-likeness (QED) is 0.729. The summed E-state index contributed by atoms with van der Waals surface area (Å²) < 4.78 is 0.883. The molecule has 2 N–H and O–H groups in total. The Morgan fingerprint density at radius 2 is 2.20 bits per heavy atom. The minimum absolute atomic E-state index is 0.264. The highest BCUT2D eigenvalue weighted by atomic mass is 35.5. The molecule has 0 unspecified atom stereocenters. The van der Waals surface area contributed by atoms with Gasteiger partial charge in [0.1, 0.15) is 10.7 Å². The predicted molar refractivity (Wildman–Crippen MR) is 83.1 cm³/mol. The number of nitrogens with zero attached hydrogens (tertiary/aromatic N) is 1. The van der Waals surface area contributed by atoms with Crippen molar-refractivity contribution in [1.29, 1.82) is 0 Å². The maximum atomic E-state index is 12.3. The summed E-state index contributed by atoms with van der Waals surface area (Å²) in [6, 6.07) is 5.36. The number of aromatic nitrogens is 2. The molecule has 0 aliphatic heterocycles. The van der Waals surface area contributed by atoms with E-state index in [0.29, 0.717) is 20.7 Å². The molecule has 0 saturated carbocycles. The highest BCUT2D eigenvalue weighted by Crippen LogP contribution is 2.37. The van der Waals surface area contributed by atoms with Crippen molar-refractivity contribution in [2.45, 2.75) is 6.92 Å². The molecule has 0 spiro atoms. The fourth-order valence-corrected chi connectivity index (χ4v) is 3.52. The second kappa shape index (κ2) is 5.09. The van der Waals surface area contributed by atoms with Crippen LogP contribution < -0.4 is 5.32 Å². The SMILES string of the molecule is Cc1cn[nH]c1NC(=O)c1sc2cc(Cl)ccc2c1Cl. The molecule has 7 heteroatoms. The van der Waals surface area contributed by atoms with Crippen LogP contribution in [-0.4, -0.2) is 16.1 Å². The van der Waals surface area contributed by atoms with Crippen LogP contribution in [-0.2, 0) is 0 Å². The Balaban J connectivity index is 1.99. The largest absolute Gasteiger partial charge is 0.306 e. The minimum atomic E-state index is -0.264. The molecular weight excluding hydrogens is 317 g/mol. The lowest BCUT2D eigenvalue weighted by Gasteiger charge is -2.01. The van der Waals surface area contributed by atoms with Crippen molar-refractivity contribution in [3.05, 3.63) is 44.9 Å². The van der Waals surface area contributed by atoms with Gasteiger partial charge in [0.2, 0.25) is 0 Å². The first-order valence-corrected chi connectivity index (χ1v) is 7.32. The van der Waals surface area contributed by atoms with E-state index in [4.69, 9.17) is 23.2 Å². The molecule has 4 nitrogen and oxygen atoms in total. The van der Waals surface area contributed by atoms with Crippen LogP contribution in [0.4, 0.5) is 5.82 Å². The molecule has 0 aliphatic carbocycles. The Hall–Kier alpha value is -1.56. The van der Waals surface area contributed by atoms with Crippen LogP contribution in [0.2, 0.25) is 10.0 Å². The predicted octanol–water partition coefficient (Wildman–Crippen LogP) is 4.49. The van der Waals surface area contributed by atoms with Crippen molar-refractivity contribution >= 4 is 56.3 Å². The summed E-state index contributed by atoms with van der Waals surface area (Å²) in [5.74, 6) is 0.307. The van der Waals surface area contributed by atoms with Crippen LogP contribution in [0.3, 0.4) is 0 Å². The van der Waals surface area contributed by atoms with Gasteiger partial charge in [0, 0.05) is 20.7 Å². The fourth-order valence-electron chi connectivity index (χ4n) is 1.83.